The Morgan fingerprint density at radius 2 is 1.06 bits per heavy atom. The molecule has 2 amide bonds. The van der Waals surface area contributed by atoms with Crippen molar-refractivity contribution in [3.05, 3.63) is 129 Å². The maximum absolute atomic E-state index is 13.1. The number of nitrogens with zero attached hydrogens (tertiary/aromatic N) is 2. The van der Waals surface area contributed by atoms with Gasteiger partial charge < -0.3 is 20.8 Å². The fraction of sp³-hybridized carbons (Fsp3) is 0.238. The number of aromatic hydroxyl groups is 2. The Balaban J connectivity index is 0.000000208. The quantitative estimate of drug-likeness (QED) is 0.117. The minimum atomic E-state index is -0.213. The molecule has 280 valence electrons. The van der Waals surface area contributed by atoms with Gasteiger partial charge in [0.05, 0.1) is 23.9 Å². The fourth-order valence-electron chi connectivity index (χ4n) is 6.38. The van der Waals surface area contributed by atoms with Gasteiger partial charge in [-0.25, -0.2) is 0 Å². The lowest BCUT2D eigenvalue weighted by molar-refractivity contribution is -0.121. The van der Waals surface area contributed by atoms with Gasteiger partial charge in [-0.3, -0.25) is 28.3 Å². The van der Waals surface area contributed by atoms with E-state index in [4.69, 9.17) is 23.2 Å². The first-order valence-corrected chi connectivity index (χ1v) is 18.3. The van der Waals surface area contributed by atoms with Crippen molar-refractivity contribution in [3.8, 4) is 11.5 Å². The Morgan fingerprint density at radius 3 is 1.44 bits per heavy atom. The van der Waals surface area contributed by atoms with Crippen LogP contribution in [0.4, 0.5) is 0 Å². The lowest BCUT2D eigenvalue weighted by Gasteiger charge is -2.09. The highest BCUT2D eigenvalue weighted by atomic mass is 35.5. The van der Waals surface area contributed by atoms with E-state index >= 15 is 0 Å². The van der Waals surface area contributed by atoms with Crippen molar-refractivity contribution in [2.75, 3.05) is 6.54 Å². The molecule has 0 spiro atoms. The Labute approximate surface area is 323 Å². The van der Waals surface area contributed by atoms with Crippen LogP contribution in [0.25, 0.3) is 21.8 Å². The number of carbonyl (C=O) groups is 4. The highest BCUT2D eigenvalue weighted by Crippen LogP contribution is 2.32. The van der Waals surface area contributed by atoms with Crippen LogP contribution in [0.3, 0.4) is 0 Å². The number of fused-ring (bicyclic) bond motifs is 2. The molecule has 0 unspecified atom stereocenters. The number of nitrogens with one attached hydrogen (secondary N) is 2. The number of hydrogen-bond donors (Lipinski definition) is 4. The molecule has 0 bridgehead atoms. The number of aromatic nitrogens is 2. The SMILES string of the molecule is CCCNC(=O)Cc1c(C)n(C(=O)c2ccc(Cl)cc2)c2ccc(O)cc12.Cc1c(CC(=O)NC(C)C)c2cc(O)ccc2n1C(=O)c1ccc(Cl)cc1. The van der Waals surface area contributed by atoms with E-state index in [-0.39, 0.29) is 54.0 Å². The molecule has 0 atom stereocenters. The summed E-state index contributed by atoms with van der Waals surface area (Å²) in [5.74, 6) is -0.482. The number of halogens is 2. The van der Waals surface area contributed by atoms with Crippen LogP contribution in [-0.2, 0) is 22.4 Å². The van der Waals surface area contributed by atoms with Crippen LogP contribution in [0.15, 0.2) is 84.9 Å². The highest BCUT2D eigenvalue weighted by Gasteiger charge is 2.23. The number of hydrogen-bond acceptors (Lipinski definition) is 6. The molecule has 0 aliphatic rings. The molecule has 0 aliphatic carbocycles. The second kappa shape index (κ2) is 17.0. The zero-order valence-electron chi connectivity index (χ0n) is 30.7. The maximum atomic E-state index is 13.1. The molecule has 54 heavy (non-hydrogen) atoms. The summed E-state index contributed by atoms with van der Waals surface area (Å²) in [6, 6.07) is 23.0. The van der Waals surface area contributed by atoms with Crippen molar-refractivity contribution in [2.45, 2.75) is 59.9 Å². The lowest BCUT2D eigenvalue weighted by atomic mass is 10.1. The zero-order valence-corrected chi connectivity index (χ0v) is 32.2. The summed E-state index contributed by atoms with van der Waals surface area (Å²) in [5.41, 5.74) is 5.11. The molecule has 2 aromatic heterocycles. The topological polar surface area (TPSA) is 143 Å². The van der Waals surface area contributed by atoms with Crippen LogP contribution in [0, 0.1) is 13.8 Å². The third-order valence-corrected chi connectivity index (χ3v) is 9.43. The second-order valence-corrected chi connectivity index (χ2v) is 14.1. The van der Waals surface area contributed by atoms with Crippen molar-refractivity contribution in [1.29, 1.82) is 0 Å². The van der Waals surface area contributed by atoms with E-state index in [1.165, 1.54) is 12.1 Å². The van der Waals surface area contributed by atoms with Crippen LogP contribution in [0.1, 0.15) is 70.4 Å². The summed E-state index contributed by atoms with van der Waals surface area (Å²) < 4.78 is 3.16. The molecule has 6 aromatic rings. The molecule has 4 N–H and O–H groups in total. The minimum Gasteiger partial charge on any atom is -0.508 e. The number of carbonyl (C=O) groups excluding carboxylic acids is 4. The average molecular weight is 770 g/mol. The second-order valence-electron chi connectivity index (χ2n) is 13.3. The Bertz CT molecular complexity index is 2360. The first kappa shape index (κ1) is 39.6. The number of amides is 2. The molecule has 6 rings (SSSR count). The summed E-state index contributed by atoms with van der Waals surface area (Å²) in [7, 11) is 0. The van der Waals surface area contributed by atoms with E-state index in [2.05, 4.69) is 10.6 Å². The van der Waals surface area contributed by atoms with Crippen molar-refractivity contribution in [2.24, 2.45) is 0 Å². The van der Waals surface area contributed by atoms with E-state index in [1.54, 1.807) is 81.9 Å². The summed E-state index contributed by atoms with van der Waals surface area (Å²) in [6.07, 6.45) is 1.12. The Morgan fingerprint density at radius 1 is 0.648 bits per heavy atom. The molecular formula is C42H42Cl2N4O6. The first-order valence-electron chi connectivity index (χ1n) is 17.5. The van der Waals surface area contributed by atoms with Gasteiger partial charge in [0, 0.05) is 55.9 Å². The minimum absolute atomic E-state index is 0.0234. The smallest absolute Gasteiger partial charge is 0.262 e. The van der Waals surface area contributed by atoms with E-state index in [9.17, 15) is 29.4 Å². The molecule has 4 aromatic carbocycles. The van der Waals surface area contributed by atoms with Crippen molar-refractivity contribution >= 4 is 68.6 Å². The van der Waals surface area contributed by atoms with Gasteiger partial charge in [-0.1, -0.05) is 30.1 Å². The standard InChI is InChI=1S/2C21H21ClN2O3/c1-12(2)23-20(26)11-17-13(3)24(19-9-8-16(25)10-18(17)19)21(27)14-4-6-15(22)7-5-14;1-3-10-23-20(26)12-17-13(2)24(19-9-8-16(25)11-18(17)19)21(27)14-4-6-15(22)7-5-14/h4-10,12,25H,11H2,1-3H3,(H,23,26);4-9,11,25H,3,10,12H2,1-2H3,(H,23,26). The third-order valence-electron chi connectivity index (χ3n) is 8.92. The van der Waals surface area contributed by atoms with E-state index < -0.39 is 0 Å². The molecule has 0 fully saturated rings. The molecule has 0 radical (unpaired) electrons. The zero-order chi connectivity index (χ0) is 39.3. The van der Waals surface area contributed by atoms with Gasteiger partial charge >= 0.3 is 0 Å². The lowest BCUT2D eigenvalue weighted by Crippen LogP contribution is -2.31. The van der Waals surface area contributed by atoms with Gasteiger partial charge in [-0.2, -0.15) is 0 Å². The van der Waals surface area contributed by atoms with Crippen LogP contribution in [0.2, 0.25) is 10.0 Å². The fourth-order valence-corrected chi connectivity index (χ4v) is 6.63. The molecule has 0 aliphatic heterocycles. The summed E-state index contributed by atoms with van der Waals surface area (Å²) >= 11 is 11.8. The van der Waals surface area contributed by atoms with Gasteiger partial charge in [0.25, 0.3) is 11.8 Å². The van der Waals surface area contributed by atoms with Crippen LogP contribution < -0.4 is 10.6 Å². The van der Waals surface area contributed by atoms with Gasteiger partial charge in [0.15, 0.2) is 0 Å². The van der Waals surface area contributed by atoms with Crippen molar-refractivity contribution in [3.63, 3.8) is 0 Å². The predicted octanol–water partition coefficient (Wildman–Crippen LogP) is 8.13. The normalized spacial score (nSPS) is 11.0. The number of phenolic OH excluding ortho intramolecular Hbond substituents is 2. The average Bonchev–Trinajstić information content (AvgIpc) is 3.55. The van der Waals surface area contributed by atoms with Crippen molar-refractivity contribution in [1.82, 2.24) is 19.8 Å². The molecular weight excluding hydrogens is 727 g/mol. The van der Waals surface area contributed by atoms with Crippen LogP contribution >= 0.6 is 23.2 Å². The summed E-state index contributed by atoms with van der Waals surface area (Å²) in [6.45, 7) is 10.00. The third kappa shape index (κ3) is 8.78. The molecule has 0 saturated heterocycles. The maximum Gasteiger partial charge on any atom is 0.262 e. The van der Waals surface area contributed by atoms with E-state index in [1.807, 2.05) is 34.6 Å². The van der Waals surface area contributed by atoms with E-state index in [0.29, 0.717) is 60.9 Å². The largest absolute Gasteiger partial charge is 0.508 e. The highest BCUT2D eigenvalue weighted by molar-refractivity contribution is 6.31. The van der Waals surface area contributed by atoms with Crippen molar-refractivity contribution < 1.29 is 29.4 Å². The van der Waals surface area contributed by atoms with E-state index in [0.717, 1.165) is 17.5 Å². The summed E-state index contributed by atoms with van der Waals surface area (Å²) in [4.78, 5) is 50.8. The molecule has 12 heteroatoms. The van der Waals surface area contributed by atoms with Gasteiger partial charge in [-0.15, -0.1) is 0 Å². The number of benzene rings is 4. The molecule has 0 saturated carbocycles. The van der Waals surface area contributed by atoms with Gasteiger partial charge in [-0.05, 0) is 130 Å². The number of rotatable bonds is 9. The molecule has 10 nitrogen and oxygen atoms in total. The predicted molar refractivity (Wildman–Crippen MR) is 213 cm³/mol. The number of phenols is 2. The molecule has 2 heterocycles. The van der Waals surface area contributed by atoms with Crippen LogP contribution in [-0.4, -0.2) is 55.6 Å². The monoisotopic (exact) mass is 768 g/mol. The van der Waals surface area contributed by atoms with Gasteiger partial charge in [0.1, 0.15) is 11.5 Å². The van der Waals surface area contributed by atoms with Gasteiger partial charge in [0.2, 0.25) is 11.8 Å². The Hall–Kier alpha value is -5.58. The summed E-state index contributed by atoms with van der Waals surface area (Å²) in [5, 5.41) is 28.0. The Kier molecular flexibility index (Phi) is 12.5. The first-order chi connectivity index (χ1) is 25.7. The van der Waals surface area contributed by atoms with Crippen LogP contribution in [0.5, 0.6) is 11.5 Å².